The monoisotopic (exact) mass is 450 g/mol. The summed E-state index contributed by atoms with van der Waals surface area (Å²) < 4.78 is 16.1. The van der Waals surface area contributed by atoms with Crippen molar-refractivity contribution in [1.82, 2.24) is 0 Å². The normalized spacial score (nSPS) is 32.0. The summed E-state index contributed by atoms with van der Waals surface area (Å²) in [6, 6.07) is 0. The predicted octanol–water partition coefficient (Wildman–Crippen LogP) is 1.52. The number of ketones is 3. The van der Waals surface area contributed by atoms with Crippen LogP contribution in [0.5, 0.6) is 0 Å². The summed E-state index contributed by atoms with van der Waals surface area (Å²) in [4.78, 5) is 37.5. The molecule has 2 heterocycles. The SMILES string of the molecule is COCC1=CC=C(C(=O)CC(=O)C[C@H]2CCO[C@H](O)[C@@H]2C[C@@H]2O[C@H]2[C@@H](C)[C@H](C)O)C(=O)C1. The van der Waals surface area contributed by atoms with Crippen LogP contribution < -0.4 is 0 Å². The molecule has 3 rings (SSSR count). The Morgan fingerprint density at radius 2 is 2.03 bits per heavy atom. The summed E-state index contributed by atoms with van der Waals surface area (Å²) in [5.74, 6) is -1.43. The average molecular weight is 451 g/mol. The van der Waals surface area contributed by atoms with Crippen molar-refractivity contribution in [3.8, 4) is 0 Å². The van der Waals surface area contributed by atoms with Crippen molar-refractivity contribution in [2.75, 3.05) is 20.3 Å². The minimum absolute atomic E-state index is 0.0147. The van der Waals surface area contributed by atoms with Gasteiger partial charge in [-0.3, -0.25) is 14.4 Å². The van der Waals surface area contributed by atoms with Gasteiger partial charge in [0.2, 0.25) is 0 Å². The first-order valence-corrected chi connectivity index (χ1v) is 11.3. The van der Waals surface area contributed by atoms with Crippen LogP contribution in [0.4, 0.5) is 0 Å². The van der Waals surface area contributed by atoms with Crippen molar-refractivity contribution in [3.63, 3.8) is 0 Å². The lowest BCUT2D eigenvalue weighted by Gasteiger charge is -2.35. The first-order valence-electron chi connectivity index (χ1n) is 11.3. The molecule has 178 valence electrons. The van der Waals surface area contributed by atoms with Gasteiger partial charge >= 0.3 is 0 Å². The first kappa shape index (κ1) is 24.9. The molecule has 1 aliphatic carbocycles. The molecule has 3 aliphatic rings. The van der Waals surface area contributed by atoms with E-state index in [0.717, 1.165) is 5.57 Å². The van der Waals surface area contributed by atoms with Crippen molar-refractivity contribution >= 4 is 17.3 Å². The Balaban J connectivity index is 1.56. The van der Waals surface area contributed by atoms with E-state index in [4.69, 9.17) is 14.2 Å². The molecule has 2 fully saturated rings. The van der Waals surface area contributed by atoms with Crippen LogP contribution in [0.3, 0.4) is 0 Å². The Bertz CT molecular complexity index is 783. The Hall–Kier alpha value is -1.71. The van der Waals surface area contributed by atoms with Crippen LogP contribution in [0.2, 0.25) is 0 Å². The molecule has 0 aromatic carbocycles. The number of hydrogen-bond donors (Lipinski definition) is 2. The van der Waals surface area contributed by atoms with Crippen LogP contribution >= 0.6 is 0 Å². The van der Waals surface area contributed by atoms with E-state index in [1.54, 1.807) is 13.0 Å². The molecule has 0 aromatic rings. The molecule has 0 radical (unpaired) electrons. The molecular formula is C24H34O8. The van der Waals surface area contributed by atoms with Gasteiger partial charge in [0.1, 0.15) is 5.78 Å². The Labute approximate surface area is 188 Å². The van der Waals surface area contributed by atoms with Gasteiger partial charge in [-0.05, 0) is 37.3 Å². The Morgan fingerprint density at radius 3 is 2.69 bits per heavy atom. The molecule has 0 aromatic heterocycles. The predicted molar refractivity (Wildman–Crippen MR) is 115 cm³/mol. The van der Waals surface area contributed by atoms with Crippen molar-refractivity contribution in [1.29, 1.82) is 0 Å². The largest absolute Gasteiger partial charge is 0.393 e. The molecule has 2 aliphatic heterocycles. The third-order valence-corrected chi connectivity index (χ3v) is 6.81. The minimum atomic E-state index is -0.990. The van der Waals surface area contributed by atoms with E-state index in [0.29, 0.717) is 26.1 Å². The van der Waals surface area contributed by atoms with Crippen molar-refractivity contribution in [2.24, 2.45) is 17.8 Å². The zero-order valence-electron chi connectivity index (χ0n) is 19.0. The summed E-state index contributed by atoms with van der Waals surface area (Å²) in [5.41, 5.74) is 0.855. The number of methoxy groups -OCH3 is 1. The second kappa shape index (κ2) is 10.9. The number of epoxide rings is 1. The summed E-state index contributed by atoms with van der Waals surface area (Å²) >= 11 is 0. The molecule has 8 heteroatoms. The number of ether oxygens (including phenoxy) is 3. The van der Waals surface area contributed by atoms with Crippen LogP contribution in [0, 0.1) is 17.8 Å². The zero-order valence-corrected chi connectivity index (χ0v) is 19.0. The fourth-order valence-electron chi connectivity index (χ4n) is 4.65. The summed E-state index contributed by atoms with van der Waals surface area (Å²) in [5, 5.41) is 20.1. The van der Waals surface area contributed by atoms with Crippen molar-refractivity contribution in [3.05, 3.63) is 23.3 Å². The molecule has 0 bridgehead atoms. The number of hydrogen-bond acceptors (Lipinski definition) is 8. The van der Waals surface area contributed by atoms with Gasteiger partial charge in [-0.25, -0.2) is 0 Å². The van der Waals surface area contributed by atoms with Gasteiger partial charge < -0.3 is 24.4 Å². The van der Waals surface area contributed by atoms with E-state index in [2.05, 4.69) is 0 Å². The fourth-order valence-corrected chi connectivity index (χ4v) is 4.65. The maximum atomic E-state index is 12.7. The molecular weight excluding hydrogens is 416 g/mol. The highest BCUT2D eigenvalue weighted by atomic mass is 16.6. The summed E-state index contributed by atoms with van der Waals surface area (Å²) in [7, 11) is 1.54. The van der Waals surface area contributed by atoms with Crippen LogP contribution in [-0.4, -0.2) is 72.5 Å². The lowest BCUT2D eigenvalue weighted by atomic mass is 9.79. The molecule has 7 atom stereocenters. The highest BCUT2D eigenvalue weighted by molar-refractivity contribution is 6.25. The van der Waals surface area contributed by atoms with E-state index in [1.807, 2.05) is 6.92 Å². The van der Waals surface area contributed by atoms with Crippen LogP contribution in [-0.2, 0) is 28.6 Å². The van der Waals surface area contributed by atoms with Crippen LogP contribution in [0.25, 0.3) is 0 Å². The van der Waals surface area contributed by atoms with Gasteiger partial charge in [-0.1, -0.05) is 13.0 Å². The smallest absolute Gasteiger partial charge is 0.173 e. The van der Waals surface area contributed by atoms with Crippen LogP contribution in [0.15, 0.2) is 23.3 Å². The first-order chi connectivity index (χ1) is 15.2. The van der Waals surface area contributed by atoms with Crippen molar-refractivity contribution in [2.45, 2.75) is 70.6 Å². The quantitative estimate of drug-likeness (QED) is 0.276. The number of allylic oxidation sites excluding steroid dienone is 3. The fraction of sp³-hybridized carbons (Fsp3) is 0.708. The minimum Gasteiger partial charge on any atom is -0.393 e. The van der Waals surface area contributed by atoms with Gasteiger partial charge in [0.25, 0.3) is 0 Å². The molecule has 0 amide bonds. The molecule has 0 unspecified atom stereocenters. The van der Waals surface area contributed by atoms with Gasteiger partial charge in [-0.15, -0.1) is 0 Å². The lowest BCUT2D eigenvalue weighted by Crippen LogP contribution is -2.38. The third-order valence-electron chi connectivity index (χ3n) is 6.81. The topological polar surface area (TPSA) is 123 Å². The Morgan fingerprint density at radius 1 is 1.28 bits per heavy atom. The van der Waals surface area contributed by atoms with E-state index >= 15 is 0 Å². The Kier molecular flexibility index (Phi) is 8.52. The zero-order chi connectivity index (χ0) is 23.4. The average Bonchev–Trinajstić information content (AvgIpc) is 3.49. The maximum absolute atomic E-state index is 12.7. The van der Waals surface area contributed by atoms with E-state index in [9.17, 15) is 24.6 Å². The van der Waals surface area contributed by atoms with E-state index < -0.39 is 18.2 Å². The third kappa shape index (κ3) is 6.20. The number of aliphatic hydroxyl groups excluding tert-OH is 2. The number of carbonyl (C=O) groups is 3. The lowest BCUT2D eigenvalue weighted by molar-refractivity contribution is -0.181. The number of rotatable bonds is 11. The second-order valence-electron chi connectivity index (χ2n) is 9.23. The molecule has 8 nitrogen and oxygen atoms in total. The second-order valence-corrected chi connectivity index (χ2v) is 9.23. The molecule has 0 saturated carbocycles. The number of aliphatic hydroxyl groups is 2. The summed E-state index contributed by atoms with van der Waals surface area (Å²) in [6.45, 7) is 4.32. The number of carbonyl (C=O) groups excluding carboxylic acids is 3. The van der Waals surface area contributed by atoms with Gasteiger partial charge in [-0.2, -0.15) is 0 Å². The van der Waals surface area contributed by atoms with Gasteiger partial charge in [0.15, 0.2) is 17.9 Å². The molecule has 0 spiro atoms. The molecule has 32 heavy (non-hydrogen) atoms. The number of Topliss-reactive ketones (excluding diaryl/α,β-unsaturated/α-hetero) is 3. The summed E-state index contributed by atoms with van der Waals surface area (Å²) in [6.07, 6.45) is 2.63. The highest BCUT2D eigenvalue weighted by Gasteiger charge is 2.48. The van der Waals surface area contributed by atoms with Gasteiger partial charge in [0, 0.05) is 31.8 Å². The maximum Gasteiger partial charge on any atom is 0.173 e. The molecule has 2 N–H and O–H groups in total. The van der Waals surface area contributed by atoms with E-state index in [1.165, 1.54) is 13.2 Å². The van der Waals surface area contributed by atoms with Crippen molar-refractivity contribution < 1.29 is 38.8 Å². The molecule has 2 saturated heterocycles. The standard InChI is InChI=1S/C24H34O8/c1-13(14(2)25)23-22(32-23)11-19-16(6-7-31-24(19)29)9-17(26)10-21(28)18-5-4-15(12-30-3)8-20(18)27/h4-5,13-14,16,19,22-25,29H,6-12H2,1-3H3/t13-,14-,16+,19+,22-,23-,24-/m0/s1. The van der Waals surface area contributed by atoms with Gasteiger partial charge in [0.05, 0.1) is 43.5 Å². The van der Waals surface area contributed by atoms with Crippen LogP contribution in [0.1, 0.15) is 46.0 Å². The highest BCUT2D eigenvalue weighted by Crippen LogP contribution is 2.41. The van der Waals surface area contributed by atoms with E-state index in [-0.39, 0.29) is 66.4 Å².